The van der Waals surface area contributed by atoms with Crippen LogP contribution in [0.2, 0.25) is 0 Å². The average Bonchev–Trinajstić information content (AvgIpc) is 2.49. The van der Waals surface area contributed by atoms with E-state index >= 15 is 0 Å². The quantitative estimate of drug-likeness (QED) is 0.791. The Kier molecular flexibility index (Phi) is 2.61. The third kappa shape index (κ3) is 1.74. The van der Waals surface area contributed by atoms with Crippen LogP contribution < -0.4 is 0 Å². The van der Waals surface area contributed by atoms with E-state index in [0.29, 0.717) is 5.88 Å². The van der Waals surface area contributed by atoms with Crippen molar-refractivity contribution in [1.82, 2.24) is 4.98 Å². The van der Waals surface area contributed by atoms with Crippen LogP contribution in [0.1, 0.15) is 5.56 Å². The number of fused-ring (bicyclic) bond motifs is 1. The zero-order valence-electron chi connectivity index (χ0n) is 6.98. The van der Waals surface area contributed by atoms with Crippen LogP contribution in [0, 0.1) is 0 Å². The Hall–Kier alpha value is -0.470. The van der Waals surface area contributed by atoms with Crippen molar-refractivity contribution in [2.24, 2.45) is 0 Å². The van der Waals surface area contributed by atoms with Crippen molar-refractivity contribution in [3.8, 4) is 0 Å². The second-order valence-corrected chi connectivity index (χ2v) is 4.24. The number of alkyl halides is 1. The number of H-pyrrole nitrogens is 1. The Morgan fingerprint density at radius 3 is 3.00 bits per heavy atom. The lowest BCUT2D eigenvalue weighted by atomic mass is 10.1. The van der Waals surface area contributed by atoms with Gasteiger partial charge in [0, 0.05) is 27.5 Å². The zero-order valence-corrected chi connectivity index (χ0v) is 9.32. The number of benzene rings is 1. The summed E-state index contributed by atoms with van der Waals surface area (Å²) in [4.78, 5) is 3.23. The maximum Gasteiger partial charge on any atom is 0.0468 e. The number of nitrogens with one attached hydrogen (secondary N) is 1. The molecule has 0 radical (unpaired) electrons. The summed E-state index contributed by atoms with van der Waals surface area (Å²) in [6, 6.07) is 6.23. The van der Waals surface area contributed by atoms with Crippen LogP contribution in [-0.4, -0.2) is 10.9 Å². The molecule has 0 spiro atoms. The first-order chi connectivity index (χ1) is 6.31. The zero-order chi connectivity index (χ0) is 9.26. The summed E-state index contributed by atoms with van der Waals surface area (Å²) in [5, 5.41) is 1.27. The van der Waals surface area contributed by atoms with E-state index in [1.165, 1.54) is 10.9 Å². The number of hydrogen-bond acceptors (Lipinski definition) is 0. The highest BCUT2D eigenvalue weighted by atomic mass is 79.9. The SMILES string of the molecule is ClCCc1c[nH]c2cc(Br)ccc12. The number of halogens is 2. The molecular formula is C10H9BrClN. The van der Waals surface area contributed by atoms with Gasteiger partial charge in [-0.2, -0.15) is 0 Å². The third-order valence-corrected chi connectivity index (χ3v) is 2.78. The largest absolute Gasteiger partial charge is 0.361 e. The van der Waals surface area contributed by atoms with E-state index in [9.17, 15) is 0 Å². The first-order valence-corrected chi connectivity index (χ1v) is 5.45. The van der Waals surface area contributed by atoms with Crippen molar-refractivity contribution in [2.45, 2.75) is 6.42 Å². The highest BCUT2D eigenvalue weighted by molar-refractivity contribution is 9.10. The van der Waals surface area contributed by atoms with Crippen LogP contribution in [0.25, 0.3) is 10.9 Å². The topological polar surface area (TPSA) is 15.8 Å². The number of aromatic nitrogens is 1. The molecule has 1 nitrogen and oxygen atoms in total. The molecule has 3 heteroatoms. The van der Waals surface area contributed by atoms with Crippen LogP contribution in [0.5, 0.6) is 0 Å². The molecule has 0 bridgehead atoms. The smallest absolute Gasteiger partial charge is 0.0468 e. The lowest BCUT2D eigenvalue weighted by molar-refractivity contribution is 1.16. The Bertz CT molecular complexity index is 422. The van der Waals surface area contributed by atoms with Gasteiger partial charge >= 0.3 is 0 Å². The Morgan fingerprint density at radius 2 is 2.23 bits per heavy atom. The molecule has 0 saturated heterocycles. The summed E-state index contributed by atoms with van der Waals surface area (Å²) in [5.74, 6) is 0.670. The molecule has 1 heterocycles. The number of aryl methyl sites for hydroxylation is 1. The summed E-state index contributed by atoms with van der Waals surface area (Å²) in [7, 11) is 0. The first-order valence-electron chi connectivity index (χ1n) is 4.13. The minimum Gasteiger partial charge on any atom is -0.361 e. The van der Waals surface area contributed by atoms with Gasteiger partial charge in [-0.1, -0.05) is 22.0 Å². The standard InChI is InChI=1S/C10H9BrClN/c11-8-1-2-9-7(3-4-12)6-13-10(9)5-8/h1-2,5-6,13H,3-4H2. The van der Waals surface area contributed by atoms with Gasteiger partial charge in [-0.05, 0) is 24.1 Å². The fourth-order valence-electron chi connectivity index (χ4n) is 1.47. The minimum absolute atomic E-state index is 0.670. The fraction of sp³-hybridized carbons (Fsp3) is 0.200. The van der Waals surface area contributed by atoms with E-state index in [4.69, 9.17) is 11.6 Å². The lowest BCUT2D eigenvalue weighted by Gasteiger charge is -1.95. The molecule has 0 saturated carbocycles. The summed E-state index contributed by atoms with van der Waals surface area (Å²) in [6.45, 7) is 0. The highest BCUT2D eigenvalue weighted by Gasteiger charge is 2.02. The summed E-state index contributed by atoms with van der Waals surface area (Å²) >= 11 is 9.14. The maximum atomic E-state index is 5.70. The third-order valence-electron chi connectivity index (χ3n) is 2.09. The molecule has 68 valence electrons. The normalized spacial score (nSPS) is 10.9. The second-order valence-electron chi connectivity index (χ2n) is 2.94. The Labute approximate surface area is 90.2 Å². The Morgan fingerprint density at radius 1 is 1.38 bits per heavy atom. The van der Waals surface area contributed by atoms with E-state index in [2.05, 4.69) is 33.0 Å². The second kappa shape index (κ2) is 3.72. The number of aromatic amines is 1. The summed E-state index contributed by atoms with van der Waals surface area (Å²) < 4.78 is 1.10. The molecule has 1 aromatic carbocycles. The molecule has 0 fully saturated rings. The molecule has 2 rings (SSSR count). The van der Waals surface area contributed by atoms with Gasteiger partial charge in [0.1, 0.15) is 0 Å². The molecular weight excluding hydrogens is 249 g/mol. The summed E-state index contributed by atoms with van der Waals surface area (Å²) in [5.41, 5.74) is 2.45. The molecule has 0 aliphatic heterocycles. The van der Waals surface area contributed by atoms with Crippen molar-refractivity contribution in [3.05, 3.63) is 34.4 Å². The van der Waals surface area contributed by atoms with Gasteiger partial charge in [0.15, 0.2) is 0 Å². The molecule has 0 aliphatic carbocycles. The van der Waals surface area contributed by atoms with Gasteiger partial charge < -0.3 is 4.98 Å². The van der Waals surface area contributed by atoms with Crippen LogP contribution in [0.15, 0.2) is 28.9 Å². The van der Waals surface area contributed by atoms with Gasteiger partial charge in [-0.15, -0.1) is 11.6 Å². The van der Waals surface area contributed by atoms with Crippen LogP contribution in [0.4, 0.5) is 0 Å². The van der Waals surface area contributed by atoms with Crippen molar-refractivity contribution < 1.29 is 0 Å². The van der Waals surface area contributed by atoms with Crippen molar-refractivity contribution in [1.29, 1.82) is 0 Å². The average molecular weight is 259 g/mol. The van der Waals surface area contributed by atoms with Crippen molar-refractivity contribution in [2.75, 3.05) is 5.88 Å². The molecule has 0 amide bonds. The Balaban J connectivity index is 2.55. The van der Waals surface area contributed by atoms with Crippen LogP contribution in [-0.2, 0) is 6.42 Å². The van der Waals surface area contributed by atoms with E-state index < -0.39 is 0 Å². The van der Waals surface area contributed by atoms with Crippen LogP contribution >= 0.6 is 27.5 Å². The van der Waals surface area contributed by atoms with E-state index in [1.54, 1.807) is 0 Å². The molecule has 0 unspecified atom stereocenters. The molecule has 2 aromatic rings. The van der Waals surface area contributed by atoms with Gasteiger partial charge in [-0.3, -0.25) is 0 Å². The predicted molar refractivity (Wildman–Crippen MR) is 60.4 cm³/mol. The highest BCUT2D eigenvalue weighted by Crippen LogP contribution is 2.22. The molecule has 13 heavy (non-hydrogen) atoms. The monoisotopic (exact) mass is 257 g/mol. The van der Waals surface area contributed by atoms with Crippen LogP contribution in [0.3, 0.4) is 0 Å². The van der Waals surface area contributed by atoms with E-state index in [0.717, 1.165) is 16.4 Å². The van der Waals surface area contributed by atoms with E-state index in [-0.39, 0.29) is 0 Å². The predicted octanol–water partition coefficient (Wildman–Crippen LogP) is 3.71. The van der Waals surface area contributed by atoms with Crippen molar-refractivity contribution in [3.63, 3.8) is 0 Å². The van der Waals surface area contributed by atoms with Gasteiger partial charge in [0.2, 0.25) is 0 Å². The number of rotatable bonds is 2. The number of hydrogen-bond donors (Lipinski definition) is 1. The lowest BCUT2D eigenvalue weighted by Crippen LogP contribution is -1.82. The summed E-state index contributed by atoms with van der Waals surface area (Å²) in [6.07, 6.45) is 2.95. The minimum atomic E-state index is 0.670. The van der Waals surface area contributed by atoms with Gasteiger partial charge in [-0.25, -0.2) is 0 Å². The molecule has 0 aliphatic rings. The van der Waals surface area contributed by atoms with Gasteiger partial charge in [0.05, 0.1) is 0 Å². The molecule has 0 atom stereocenters. The van der Waals surface area contributed by atoms with Gasteiger partial charge in [0.25, 0.3) is 0 Å². The molecule has 1 N–H and O–H groups in total. The van der Waals surface area contributed by atoms with Crippen molar-refractivity contribution >= 4 is 38.4 Å². The first kappa shape index (κ1) is 9.10. The fourth-order valence-corrected chi connectivity index (χ4v) is 2.03. The van der Waals surface area contributed by atoms with E-state index in [1.807, 2.05) is 12.3 Å². The molecule has 1 aromatic heterocycles. The maximum absolute atomic E-state index is 5.70.